The zero-order valence-corrected chi connectivity index (χ0v) is 14.0. The molecule has 0 amide bonds. The lowest BCUT2D eigenvalue weighted by Gasteiger charge is -2.15. The van der Waals surface area contributed by atoms with Gasteiger partial charge in [0.2, 0.25) is 0 Å². The molecule has 4 heteroatoms. The monoisotopic (exact) mass is 328 g/mol. The van der Waals surface area contributed by atoms with Gasteiger partial charge >= 0.3 is 0 Å². The zero-order chi connectivity index (χ0) is 14.3. The Hall–Kier alpha value is -0.580. The highest BCUT2D eigenvalue weighted by Gasteiger charge is 2.08. The summed E-state index contributed by atoms with van der Waals surface area (Å²) in [6.45, 7) is 7.99. The predicted octanol–water partition coefficient (Wildman–Crippen LogP) is 3.10. The van der Waals surface area contributed by atoms with Gasteiger partial charge in [-0.2, -0.15) is 0 Å². The molecule has 0 aromatic heterocycles. The van der Waals surface area contributed by atoms with Crippen molar-refractivity contribution in [3.8, 4) is 5.75 Å². The summed E-state index contributed by atoms with van der Waals surface area (Å²) in [6, 6.07) is 6.21. The van der Waals surface area contributed by atoms with E-state index in [0.29, 0.717) is 12.5 Å². The van der Waals surface area contributed by atoms with E-state index < -0.39 is 0 Å². The molecule has 0 heterocycles. The molecule has 3 nitrogen and oxygen atoms in total. The van der Waals surface area contributed by atoms with Crippen LogP contribution < -0.4 is 10.1 Å². The van der Waals surface area contributed by atoms with Crippen molar-refractivity contribution in [3.63, 3.8) is 0 Å². The van der Waals surface area contributed by atoms with E-state index in [2.05, 4.69) is 60.2 Å². The number of hydrogen-bond acceptors (Lipinski definition) is 3. The van der Waals surface area contributed by atoms with Crippen LogP contribution in [0.3, 0.4) is 0 Å². The molecule has 0 saturated carbocycles. The van der Waals surface area contributed by atoms with Crippen LogP contribution in [0.2, 0.25) is 0 Å². The first-order valence-electron chi connectivity index (χ1n) is 6.78. The summed E-state index contributed by atoms with van der Waals surface area (Å²) in [5.74, 6) is 1.46. The van der Waals surface area contributed by atoms with E-state index in [9.17, 15) is 0 Å². The SMILES string of the molecule is CC(C)c1cc(Br)ccc1OCCNCCN(C)C. The molecule has 0 atom stereocenters. The summed E-state index contributed by atoms with van der Waals surface area (Å²) >= 11 is 3.51. The number of nitrogens with zero attached hydrogens (tertiary/aromatic N) is 1. The van der Waals surface area contributed by atoms with Crippen LogP contribution in [0.4, 0.5) is 0 Å². The molecule has 0 radical (unpaired) electrons. The Labute approximate surface area is 125 Å². The van der Waals surface area contributed by atoms with Gasteiger partial charge in [0.05, 0.1) is 0 Å². The highest BCUT2D eigenvalue weighted by Crippen LogP contribution is 2.29. The van der Waals surface area contributed by atoms with Crippen LogP contribution in [0.25, 0.3) is 0 Å². The minimum Gasteiger partial charge on any atom is -0.492 e. The Balaban J connectivity index is 2.37. The average molecular weight is 329 g/mol. The van der Waals surface area contributed by atoms with Gasteiger partial charge in [-0.1, -0.05) is 29.8 Å². The summed E-state index contributed by atoms with van der Waals surface area (Å²) < 4.78 is 6.97. The lowest BCUT2D eigenvalue weighted by molar-refractivity contribution is 0.304. The van der Waals surface area contributed by atoms with Crippen molar-refractivity contribution in [3.05, 3.63) is 28.2 Å². The van der Waals surface area contributed by atoms with Gasteiger partial charge in [-0.05, 0) is 43.8 Å². The Bertz CT molecular complexity index is 380. The third kappa shape index (κ3) is 6.41. The molecule has 1 aromatic rings. The van der Waals surface area contributed by atoms with Gasteiger partial charge in [0.25, 0.3) is 0 Å². The van der Waals surface area contributed by atoms with Crippen molar-refractivity contribution in [1.82, 2.24) is 10.2 Å². The first-order valence-corrected chi connectivity index (χ1v) is 7.57. The number of rotatable bonds is 8. The molecule has 0 aliphatic heterocycles. The minimum absolute atomic E-state index is 0.467. The van der Waals surface area contributed by atoms with Gasteiger partial charge in [0.15, 0.2) is 0 Å². The number of halogens is 1. The van der Waals surface area contributed by atoms with Crippen LogP contribution in [0.15, 0.2) is 22.7 Å². The quantitative estimate of drug-likeness (QED) is 0.742. The second-order valence-electron chi connectivity index (χ2n) is 5.24. The van der Waals surface area contributed by atoms with E-state index >= 15 is 0 Å². The lowest BCUT2D eigenvalue weighted by atomic mass is 10.0. The van der Waals surface area contributed by atoms with E-state index in [0.717, 1.165) is 29.9 Å². The second-order valence-corrected chi connectivity index (χ2v) is 6.15. The normalized spacial score (nSPS) is 11.3. The Morgan fingerprint density at radius 1 is 1.26 bits per heavy atom. The predicted molar refractivity (Wildman–Crippen MR) is 85.1 cm³/mol. The fraction of sp³-hybridized carbons (Fsp3) is 0.600. The first-order chi connectivity index (χ1) is 9.00. The number of ether oxygens (including phenoxy) is 1. The lowest BCUT2D eigenvalue weighted by Crippen LogP contribution is -2.29. The number of likely N-dealkylation sites (N-methyl/N-ethyl adjacent to an activating group) is 1. The Morgan fingerprint density at radius 2 is 2.00 bits per heavy atom. The summed E-state index contributed by atoms with van der Waals surface area (Å²) in [7, 11) is 4.16. The topological polar surface area (TPSA) is 24.5 Å². The molecular weight excluding hydrogens is 304 g/mol. The molecule has 1 N–H and O–H groups in total. The molecule has 1 rings (SSSR count). The van der Waals surface area contributed by atoms with Crippen LogP contribution in [0.5, 0.6) is 5.75 Å². The maximum atomic E-state index is 5.86. The molecule has 108 valence electrons. The maximum absolute atomic E-state index is 5.86. The summed E-state index contributed by atoms with van der Waals surface area (Å²) in [5.41, 5.74) is 1.25. The van der Waals surface area contributed by atoms with Crippen LogP contribution in [-0.4, -0.2) is 45.2 Å². The summed E-state index contributed by atoms with van der Waals surface area (Å²) in [5, 5.41) is 3.37. The van der Waals surface area contributed by atoms with E-state index in [1.165, 1.54) is 5.56 Å². The van der Waals surface area contributed by atoms with Gasteiger partial charge in [-0.15, -0.1) is 0 Å². The molecule has 0 aliphatic carbocycles. The van der Waals surface area contributed by atoms with E-state index in [4.69, 9.17) is 4.74 Å². The maximum Gasteiger partial charge on any atom is 0.122 e. The number of nitrogens with one attached hydrogen (secondary N) is 1. The standard InChI is InChI=1S/C15H25BrN2O/c1-12(2)14-11-13(16)5-6-15(14)19-10-8-17-7-9-18(3)4/h5-6,11-12,17H,7-10H2,1-4H3. The first kappa shape index (κ1) is 16.5. The molecule has 0 aliphatic rings. The molecule has 0 spiro atoms. The molecular formula is C15H25BrN2O. The number of hydrogen-bond donors (Lipinski definition) is 1. The van der Waals surface area contributed by atoms with Crippen LogP contribution in [0.1, 0.15) is 25.3 Å². The molecule has 0 saturated heterocycles. The van der Waals surface area contributed by atoms with E-state index in [-0.39, 0.29) is 0 Å². The molecule has 1 aromatic carbocycles. The molecule has 0 bridgehead atoms. The summed E-state index contributed by atoms with van der Waals surface area (Å²) in [4.78, 5) is 2.17. The van der Waals surface area contributed by atoms with E-state index in [1.807, 2.05) is 12.1 Å². The largest absolute Gasteiger partial charge is 0.492 e. The highest BCUT2D eigenvalue weighted by molar-refractivity contribution is 9.10. The van der Waals surface area contributed by atoms with Gasteiger partial charge in [-0.25, -0.2) is 0 Å². The third-order valence-corrected chi connectivity index (χ3v) is 3.36. The van der Waals surface area contributed by atoms with Crippen molar-refractivity contribution >= 4 is 15.9 Å². The van der Waals surface area contributed by atoms with Crippen molar-refractivity contribution in [2.45, 2.75) is 19.8 Å². The highest BCUT2D eigenvalue weighted by atomic mass is 79.9. The Morgan fingerprint density at radius 3 is 2.63 bits per heavy atom. The summed E-state index contributed by atoms with van der Waals surface area (Å²) in [6.07, 6.45) is 0. The minimum atomic E-state index is 0.467. The average Bonchev–Trinajstić information content (AvgIpc) is 2.34. The molecule has 19 heavy (non-hydrogen) atoms. The van der Waals surface area contributed by atoms with Crippen molar-refractivity contribution in [2.75, 3.05) is 40.3 Å². The third-order valence-electron chi connectivity index (χ3n) is 2.87. The fourth-order valence-electron chi connectivity index (χ4n) is 1.76. The van der Waals surface area contributed by atoms with Crippen LogP contribution >= 0.6 is 15.9 Å². The zero-order valence-electron chi connectivity index (χ0n) is 12.4. The van der Waals surface area contributed by atoms with E-state index in [1.54, 1.807) is 0 Å². The van der Waals surface area contributed by atoms with Crippen molar-refractivity contribution in [2.24, 2.45) is 0 Å². The Kier molecular flexibility index (Phi) is 7.42. The van der Waals surface area contributed by atoms with Crippen LogP contribution in [-0.2, 0) is 0 Å². The van der Waals surface area contributed by atoms with Crippen molar-refractivity contribution < 1.29 is 4.74 Å². The molecule has 0 unspecified atom stereocenters. The smallest absolute Gasteiger partial charge is 0.122 e. The van der Waals surface area contributed by atoms with Crippen molar-refractivity contribution in [1.29, 1.82) is 0 Å². The van der Waals surface area contributed by atoms with Gasteiger partial charge in [0.1, 0.15) is 12.4 Å². The van der Waals surface area contributed by atoms with Gasteiger partial charge < -0.3 is 15.0 Å². The van der Waals surface area contributed by atoms with Gasteiger partial charge in [-0.3, -0.25) is 0 Å². The fourth-order valence-corrected chi connectivity index (χ4v) is 2.14. The number of benzene rings is 1. The molecule has 0 fully saturated rings. The van der Waals surface area contributed by atoms with Crippen LogP contribution in [0, 0.1) is 0 Å². The second kappa shape index (κ2) is 8.56. The van der Waals surface area contributed by atoms with Gasteiger partial charge in [0, 0.05) is 24.1 Å².